The molecule has 752 valence electrons. The number of phosphoric acid groups is 1. The lowest BCUT2D eigenvalue weighted by Gasteiger charge is -2.41. The van der Waals surface area contributed by atoms with Gasteiger partial charge < -0.3 is 117 Å². The number of nitrogens with zero attached hydrogens (tertiary/aromatic N) is 4. The lowest BCUT2D eigenvalue weighted by molar-refractivity contribution is -0.151. The fourth-order valence-corrected chi connectivity index (χ4v) is 17.0. The Bertz CT molecular complexity index is 4290. The third kappa shape index (κ3) is 38.8. The third-order valence-corrected chi connectivity index (χ3v) is 24.6. The second kappa shape index (κ2) is 57.9. The van der Waals surface area contributed by atoms with Gasteiger partial charge in [-0.15, -0.1) is 0 Å². The molecule has 2 fully saturated rings. The maximum absolute atomic E-state index is 14.7. The Morgan fingerprint density at radius 3 is 1.79 bits per heavy atom. The van der Waals surface area contributed by atoms with Crippen LogP contribution in [0.15, 0.2) is 66.7 Å². The molecule has 15 N–H and O–H groups in total. The van der Waals surface area contributed by atoms with Crippen LogP contribution in [0, 0.1) is 29.6 Å². The van der Waals surface area contributed by atoms with E-state index in [1.807, 2.05) is 60.5 Å². The monoisotopic (exact) mass is 1930 g/mol. The molecule has 2 unspecified atom stereocenters. The molecule has 0 saturated carbocycles. The van der Waals surface area contributed by atoms with E-state index in [1.165, 1.54) is 38.5 Å². The van der Waals surface area contributed by atoms with E-state index in [-0.39, 0.29) is 146 Å². The SMILES string of the molecule is CC[C@H](C)[C@@H]([C@@H](CC(=O)N1CCC[C@H]1[C@H](OC)[C@@H](C)C(=O)N[C@H](C)[C@@H](OP(=O)(O)OCc1ccc(NC(=O)[C@H](CCCNC(N)=O)NC(=O)[C@@H](NC(=O)[C@H](CC(=O)NC2CCCOC2=O)NC(=O)CCOCCOCCOCCOCCNC(=O)[C@H](CNC(=O)CCP(=O)(O)O)N2C(=O)C=CC2=O)C(C)C)cc1)c1ccccc1)OC)N(C)C(=O)[C@@H](NC(=O)[C@H](C(C)C)N(C)C)C(C)C. The van der Waals surface area contributed by atoms with E-state index in [0.29, 0.717) is 48.3 Å². The minimum atomic E-state index is -5.02. The number of benzene rings is 2. The van der Waals surface area contributed by atoms with Crippen molar-refractivity contribution >= 4 is 110 Å². The number of hydrogen-bond acceptors (Lipinski definition) is 27. The zero-order valence-electron chi connectivity index (χ0n) is 79.3. The van der Waals surface area contributed by atoms with Crippen LogP contribution in [0.5, 0.6) is 0 Å². The Morgan fingerprint density at radius 1 is 0.612 bits per heavy atom. The average Bonchev–Trinajstić information content (AvgIpc) is 1.75. The van der Waals surface area contributed by atoms with E-state index < -0.39 is 209 Å². The molecule has 0 radical (unpaired) electrons. The van der Waals surface area contributed by atoms with E-state index in [1.54, 1.807) is 74.9 Å². The van der Waals surface area contributed by atoms with Crippen molar-refractivity contribution < 1.29 is 138 Å². The van der Waals surface area contributed by atoms with Crippen molar-refractivity contribution in [2.75, 3.05) is 132 Å². The van der Waals surface area contributed by atoms with Gasteiger partial charge in [0.15, 0.2) is 0 Å². The topological polar surface area (TPSA) is 593 Å². The molecular formula is C88H141N15O29P2. The van der Waals surface area contributed by atoms with Crippen LogP contribution in [0.2, 0.25) is 0 Å². The number of nitrogens with two attached hydrogens (primary N) is 1. The Labute approximate surface area is 782 Å². The van der Waals surface area contributed by atoms with Gasteiger partial charge in [0, 0.05) is 78.1 Å². The van der Waals surface area contributed by atoms with Crippen LogP contribution in [0.1, 0.15) is 157 Å². The van der Waals surface area contributed by atoms with Gasteiger partial charge in [0.1, 0.15) is 42.4 Å². The number of primary amides is 1. The largest absolute Gasteiger partial charge is 0.473 e. The molecule has 44 nitrogen and oxygen atoms in total. The van der Waals surface area contributed by atoms with Gasteiger partial charge in [-0.1, -0.05) is 111 Å². The summed E-state index contributed by atoms with van der Waals surface area (Å²) in [6.07, 6.45) is -1.03. The molecule has 5 rings (SSSR count). The lowest BCUT2D eigenvalue weighted by atomic mass is 9.89. The van der Waals surface area contributed by atoms with E-state index in [4.69, 9.17) is 57.7 Å². The number of hydrogen-bond donors (Lipinski definition) is 14. The highest BCUT2D eigenvalue weighted by Gasteiger charge is 2.46. The number of rotatable bonds is 62. The molecule has 2 aromatic rings. The molecule has 0 aliphatic carbocycles. The quantitative estimate of drug-likeness (QED) is 0.0193. The summed E-state index contributed by atoms with van der Waals surface area (Å²) < 4.78 is 76.0. The van der Waals surface area contributed by atoms with E-state index in [9.17, 15) is 85.9 Å². The van der Waals surface area contributed by atoms with Crippen LogP contribution >= 0.6 is 15.4 Å². The minimum absolute atomic E-state index is 0.0144. The Hall–Kier alpha value is -9.79. The summed E-state index contributed by atoms with van der Waals surface area (Å²) >= 11 is 0. The predicted molar refractivity (Wildman–Crippen MR) is 487 cm³/mol. The number of urea groups is 1. The third-order valence-electron chi connectivity index (χ3n) is 22.9. The average molecular weight is 1940 g/mol. The normalized spacial score (nSPS) is 18.0. The van der Waals surface area contributed by atoms with Crippen LogP contribution in [0.4, 0.5) is 10.5 Å². The van der Waals surface area contributed by atoms with Crippen molar-refractivity contribution in [3.05, 3.63) is 77.9 Å². The number of likely N-dealkylation sites (N-methyl/N-ethyl adjacent to an activating group) is 2. The van der Waals surface area contributed by atoms with Gasteiger partial charge in [-0.05, 0) is 106 Å². The van der Waals surface area contributed by atoms with Gasteiger partial charge in [0.05, 0.1) is 127 Å². The number of carbonyl (C=O) groups is 15. The maximum Gasteiger partial charge on any atom is 0.473 e. The van der Waals surface area contributed by atoms with Gasteiger partial charge in [-0.25, -0.2) is 14.2 Å². The molecular weight excluding hydrogens is 1790 g/mol. The number of nitrogens with one attached hydrogen (secondary N) is 10. The number of likely N-dealkylation sites (tertiary alicyclic amines) is 1. The first-order valence-electron chi connectivity index (χ1n) is 45.2. The van der Waals surface area contributed by atoms with Crippen molar-refractivity contribution in [3.63, 3.8) is 0 Å². The molecule has 46 heteroatoms. The summed E-state index contributed by atoms with van der Waals surface area (Å²) in [5, 5.41) is 26.3. The van der Waals surface area contributed by atoms with Gasteiger partial charge in [0.2, 0.25) is 65.0 Å². The summed E-state index contributed by atoms with van der Waals surface area (Å²) in [7, 11) is -1.25. The lowest BCUT2D eigenvalue weighted by Crippen LogP contribution is -2.59. The summed E-state index contributed by atoms with van der Waals surface area (Å²) in [4.78, 5) is 237. The number of cyclic esters (lactones) is 1. The first kappa shape index (κ1) is 115. The zero-order valence-corrected chi connectivity index (χ0v) is 81.1. The Kier molecular flexibility index (Phi) is 49.6. The number of anilines is 1. The molecule has 15 amide bonds. The second-order valence-electron chi connectivity index (χ2n) is 34.4. The number of methoxy groups -OCH3 is 2. The van der Waals surface area contributed by atoms with Crippen LogP contribution in [-0.2, 0) is 125 Å². The van der Waals surface area contributed by atoms with Crippen LogP contribution in [0.25, 0.3) is 0 Å². The van der Waals surface area contributed by atoms with E-state index >= 15 is 0 Å². The molecule has 134 heavy (non-hydrogen) atoms. The van der Waals surface area contributed by atoms with Crippen LogP contribution in [0.3, 0.4) is 0 Å². The Morgan fingerprint density at radius 2 is 1.22 bits per heavy atom. The van der Waals surface area contributed by atoms with Gasteiger partial charge >= 0.3 is 27.4 Å². The highest BCUT2D eigenvalue weighted by atomic mass is 31.2. The van der Waals surface area contributed by atoms with Crippen molar-refractivity contribution in [2.45, 2.75) is 225 Å². The molecule has 3 heterocycles. The van der Waals surface area contributed by atoms with Gasteiger partial charge in [-0.2, -0.15) is 0 Å². The van der Waals surface area contributed by atoms with Crippen molar-refractivity contribution in [2.24, 2.45) is 35.3 Å². The Balaban J connectivity index is 1.15. The molecule has 3 aliphatic heterocycles. The molecule has 16 atom stereocenters. The number of imide groups is 1. The number of phosphoric ester groups is 1. The molecule has 0 aromatic heterocycles. The van der Waals surface area contributed by atoms with Gasteiger partial charge in [0.25, 0.3) is 11.8 Å². The van der Waals surface area contributed by atoms with E-state index in [2.05, 4.69) is 53.2 Å². The summed E-state index contributed by atoms with van der Waals surface area (Å²) in [6.45, 7) is 17.7. The number of amides is 15. The molecule has 2 aromatic carbocycles. The van der Waals surface area contributed by atoms with Crippen molar-refractivity contribution in [3.8, 4) is 0 Å². The highest BCUT2D eigenvalue weighted by molar-refractivity contribution is 7.51. The molecule has 0 bridgehead atoms. The van der Waals surface area contributed by atoms with Crippen LogP contribution in [-0.4, -0.2) is 323 Å². The smallest absolute Gasteiger partial charge is 0.464 e. The summed E-state index contributed by atoms with van der Waals surface area (Å²) in [5.41, 5.74) is 6.23. The zero-order chi connectivity index (χ0) is 99.7. The minimum Gasteiger partial charge on any atom is -0.464 e. The standard InChI is InChI=1S/C88H141N15O29P2/c1-16-56(8)77(101(13)86(116)75(54(4)5)99-85(115)76(55(6)7)100(11)12)67(124-14)50-73(109)102-38-21-27-65(102)78(125-15)57(9)80(110)93-58(10)79(60-23-18-17-19-24-60)132-134(122,123)131-52-59-28-30-61(31-29-59)94-81(111)62(25-20-36-91-88(89)118)97-84(114)74(53(2)3)98-82(112)64(49-70(106)95-63-26-22-39-130-87(63)117)96-69(105)34-40-126-42-44-128-46-47-129-45-43-127-41-37-90-83(113)66(103-71(107)32-33-72(103)108)51-92-68(104)35-48-133(119,120)121/h17-19,23-24,28-33,53-58,62-67,74-79H,16,20-22,25-27,34-52H2,1-15H3,(H,90,113)(H,92,104)(H,93,110)(H,94,111)(H,95,106)(H,96,105)(H,97,114)(H,98,112)(H,99,115)(H,122,123)(H3,89,91,118)(H2,119,120,121)/t56-,57+,58+,62-,63?,64-,65-,66-,67+,74-,75-,76-,77-,78+,79+/m0/s1. The fraction of sp³-hybridized carbons (Fsp3) is 0.670. The number of carbonyl (C=O) groups excluding carboxylic acids is 15. The first-order valence-corrected chi connectivity index (χ1v) is 48.5. The predicted octanol–water partition coefficient (Wildman–Crippen LogP) is 1.47. The molecule has 2 saturated heterocycles. The van der Waals surface area contributed by atoms with Crippen LogP contribution < -0.4 is 58.9 Å². The van der Waals surface area contributed by atoms with E-state index in [0.717, 1.165) is 12.2 Å². The second-order valence-corrected chi connectivity index (χ2v) is 37.6. The fourth-order valence-electron chi connectivity index (χ4n) is 15.6. The highest BCUT2D eigenvalue weighted by Crippen LogP contribution is 2.50. The van der Waals surface area contributed by atoms with Crippen molar-refractivity contribution in [1.82, 2.24) is 67.5 Å². The summed E-state index contributed by atoms with van der Waals surface area (Å²) in [6, 6.07) is 2.97. The number of esters is 1. The number of ether oxygens (including phenoxy) is 7. The molecule has 0 spiro atoms. The van der Waals surface area contributed by atoms with Crippen molar-refractivity contribution in [1.29, 1.82) is 0 Å². The summed E-state index contributed by atoms with van der Waals surface area (Å²) in [5.74, 6) is -11.5. The maximum atomic E-state index is 14.7. The first-order chi connectivity index (χ1) is 63.3. The van der Waals surface area contributed by atoms with Gasteiger partial charge in [-0.3, -0.25) is 85.7 Å². The molecule has 3 aliphatic rings.